The number of allylic oxidation sites excluding steroid dienone is 2. The predicted octanol–water partition coefficient (Wildman–Crippen LogP) is 6.82. The summed E-state index contributed by atoms with van der Waals surface area (Å²) in [5.74, 6) is 0. The zero-order valence-corrected chi connectivity index (χ0v) is 14.7. The van der Waals surface area contributed by atoms with Crippen LogP contribution in [0.2, 0.25) is 0 Å². The molecule has 4 aromatic rings. The van der Waals surface area contributed by atoms with Crippen LogP contribution in [-0.2, 0) is 12.8 Å². The van der Waals surface area contributed by atoms with Crippen molar-refractivity contribution in [1.29, 1.82) is 0 Å². The van der Waals surface area contributed by atoms with Gasteiger partial charge in [-0.05, 0) is 56.6 Å². The van der Waals surface area contributed by atoms with E-state index in [2.05, 4.69) is 97.1 Å². The molecule has 0 saturated heterocycles. The Balaban J connectivity index is 0.000000115. The molecular weight excluding hydrogens is 312 g/mol. The maximum Gasteiger partial charge on any atom is -0.00763 e. The molecule has 0 atom stereocenters. The molecule has 0 heteroatoms. The van der Waals surface area contributed by atoms with Gasteiger partial charge in [-0.15, -0.1) is 0 Å². The lowest BCUT2D eigenvalue weighted by atomic mass is 9.93. The van der Waals surface area contributed by atoms with Crippen LogP contribution >= 0.6 is 0 Å². The molecule has 0 unspecified atom stereocenters. The van der Waals surface area contributed by atoms with E-state index in [0.717, 1.165) is 12.8 Å². The first-order valence-electron chi connectivity index (χ1n) is 9.24. The molecule has 0 spiro atoms. The first-order valence-corrected chi connectivity index (χ1v) is 9.24. The average Bonchev–Trinajstić information content (AvgIpc) is 2.70. The van der Waals surface area contributed by atoms with Crippen molar-refractivity contribution in [3.05, 3.63) is 107 Å². The average molecular weight is 332 g/mol. The van der Waals surface area contributed by atoms with Crippen LogP contribution < -0.4 is 0 Å². The molecule has 0 fully saturated rings. The van der Waals surface area contributed by atoms with Gasteiger partial charge in [0.25, 0.3) is 0 Å². The number of hydrogen-bond acceptors (Lipinski definition) is 0. The summed E-state index contributed by atoms with van der Waals surface area (Å²) in [7, 11) is 0. The molecular formula is C26H20. The Morgan fingerprint density at radius 3 is 1.35 bits per heavy atom. The summed E-state index contributed by atoms with van der Waals surface area (Å²) in [6, 6.07) is 26.1. The van der Waals surface area contributed by atoms with E-state index in [1.807, 2.05) is 0 Å². The van der Waals surface area contributed by atoms with E-state index in [9.17, 15) is 0 Å². The fourth-order valence-electron chi connectivity index (χ4n) is 4.14. The van der Waals surface area contributed by atoms with Gasteiger partial charge >= 0.3 is 0 Å². The van der Waals surface area contributed by atoms with E-state index in [-0.39, 0.29) is 0 Å². The SMILES string of the molecule is C1=Cc2cccc3cccc(c23)C1.C1=Cc2cccc3cccc(c23)C1. The summed E-state index contributed by atoms with van der Waals surface area (Å²) < 4.78 is 0. The second-order valence-electron chi connectivity index (χ2n) is 6.94. The minimum Gasteiger partial charge on any atom is -0.0795 e. The molecule has 2 aliphatic rings. The Morgan fingerprint density at radius 1 is 0.462 bits per heavy atom. The second kappa shape index (κ2) is 6.31. The molecule has 0 radical (unpaired) electrons. The molecule has 124 valence electrons. The van der Waals surface area contributed by atoms with Crippen LogP contribution in [0, 0.1) is 0 Å². The maximum atomic E-state index is 2.23. The smallest absolute Gasteiger partial charge is 0.00763 e. The third kappa shape index (κ3) is 2.55. The maximum absolute atomic E-state index is 2.23. The monoisotopic (exact) mass is 332 g/mol. The highest BCUT2D eigenvalue weighted by Crippen LogP contribution is 2.28. The quantitative estimate of drug-likeness (QED) is 0.331. The van der Waals surface area contributed by atoms with E-state index in [4.69, 9.17) is 0 Å². The van der Waals surface area contributed by atoms with E-state index in [1.165, 1.54) is 43.8 Å². The van der Waals surface area contributed by atoms with Crippen molar-refractivity contribution in [3.8, 4) is 0 Å². The highest BCUT2D eigenvalue weighted by atomic mass is 14.1. The molecule has 0 saturated carbocycles. The summed E-state index contributed by atoms with van der Waals surface area (Å²) in [5, 5.41) is 5.60. The lowest BCUT2D eigenvalue weighted by Gasteiger charge is -2.11. The summed E-state index contributed by atoms with van der Waals surface area (Å²) >= 11 is 0. The van der Waals surface area contributed by atoms with Gasteiger partial charge in [0, 0.05) is 0 Å². The van der Waals surface area contributed by atoms with E-state index >= 15 is 0 Å². The largest absolute Gasteiger partial charge is 0.0795 e. The van der Waals surface area contributed by atoms with Crippen molar-refractivity contribution >= 4 is 33.7 Å². The molecule has 26 heavy (non-hydrogen) atoms. The molecule has 0 amide bonds. The Bertz CT molecular complexity index is 1070. The van der Waals surface area contributed by atoms with E-state index < -0.39 is 0 Å². The van der Waals surface area contributed by atoms with Crippen molar-refractivity contribution in [2.45, 2.75) is 12.8 Å². The van der Waals surface area contributed by atoms with Crippen molar-refractivity contribution in [3.63, 3.8) is 0 Å². The molecule has 0 nitrogen and oxygen atoms in total. The van der Waals surface area contributed by atoms with Crippen LogP contribution in [0.25, 0.3) is 33.7 Å². The van der Waals surface area contributed by atoms with Gasteiger partial charge in [-0.25, -0.2) is 0 Å². The standard InChI is InChI=1S/2C13H10/c2*1-4-10-6-2-8-12-9-3-7-11(5-1)13(10)12/h2*1-8H,9H2. The van der Waals surface area contributed by atoms with Gasteiger partial charge in [0.2, 0.25) is 0 Å². The van der Waals surface area contributed by atoms with Crippen LogP contribution in [0.4, 0.5) is 0 Å². The van der Waals surface area contributed by atoms with Gasteiger partial charge in [-0.2, -0.15) is 0 Å². The molecule has 0 heterocycles. The minimum absolute atomic E-state index is 1.08. The lowest BCUT2D eigenvalue weighted by Crippen LogP contribution is -1.91. The number of rotatable bonds is 0. The van der Waals surface area contributed by atoms with Gasteiger partial charge in [0.05, 0.1) is 0 Å². The van der Waals surface area contributed by atoms with E-state index in [1.54, 1.807) is 0 Å². The fraction of sp³-hybridized carbons (Fsp3) is 0.0769. The van der Waals surface area contributed by atoms with Gasteiger partial charge < -0.3 is 0 Å². The Morgan fingerprint density at radius 2 is 0.885 bits per heavy atom. The first-order chi connectivity index (χ1) is 12.9. The topological polar surface area (TPSA) is 0 Å². The highest BCUT2D eigenvalue weighted by molar-refractivity contribution is 5.95. The predicted molar refractivity (Wildman–Crippen MR) is 113 cm³/mol. The molecule has 6 rings (SSSR count). The summed E-state index contributed by atoms with van der Waals surface area (Å²) in [4.78, 5) is 0. The van der Waals surface area contributed by atoms with E-state index in [0.29, 0.717) is 0 Å². The Hall–Kier alpha value is -3.12. The van der Waals surface area contributed by atoms with Gasteiger partial charge in [-0.1, -0.05) is 97.1 Å². The van der Waals surface area contributed by atoms with Gasteiger partial charge in [0.15, 0.2) is 0 Å². The molecule has 0 bridgehead atoms. The van der Waals surface area contributed by atoms with Crippen LogP contribution in [0.15, 0.2) is 84.9 Å². The van der Waals surface area contributed by atoms with Crippen molar-refractivity contribution in [2.75, 3.05) is 0 Å². The van der Waals surface area contributed by atoms with Crippen molar-refractivity contribution in [1.82, 2.24) is 0 Å². The minimum atomic E-state index is 1.08. The normalized spacial score (nSPS) is 13.5. The summed E-state index contributed by atoms with van der Waals surface area (Å²) in [6.45, 7) is 0. The summed E-state index contributed by atoms with van der Waals surface area (Å²) in [5.41, 5.74) is 5.63. The summed E-state index contributed by atoms with van der Waals surface area (Å²) in [6.07, 6.45) is 11.1. The molecule has 2 aliphatic carbocycles. The third-order valence-corrected chi connectivity index (χ3v) is 5.32. The van der Waals surface area contributed by atoms with Gasteiger partial charge in [0.1, 0.15) is 0 Å². The van der Waals surface area contributed by atoms with Crippen LogP contribution in [-0.4, -0.2) is 0 Å². The Kier molecular flexibility index (Phi) is 3.68. The second-order valence-corrected chi connectivity index (χ2v) is 6.94. The number of benzene rings is 4. The van der Waals surface area contributed by atoms with Crippen LogP contribution in [0.5, 0.6) is 0 Å². The first kappa shape index (κ1) is 15.2. The van der Waals surface area contributed by atoms with Crippen molar-refractivity contribution in [2.24, 2.45) is 0 Å². The van der Waals surface area contributed by atoms with Crippen LogP contribution in [0.1, 0.15) is 22.3 Å². The highest BCUT2D eigenvalue weighted by Gasteiger charge is 2.07. The molecule has 0 N–H and O–H groups in total. The number of hydrogen-bond donors (Lipinski definition) is 0. The lowest BCUT2D eigenvalue weighted by molar-refractivity contribution is 1.29. The van der Waals surface area contributed by atoms with Gasteiger partial charge in [-0.3, -0.25) is 0 Å². The molecule has 0 aliphatic heterocycles. The molecule has 4 aromatic carbocycles. The zero-order valence-electron chi connectivity index (χ0n) is 14.7. The van der Waals surface area contributed by atoms with Crippen molar-refractivity contribution < 1.29 is 0 Å². The molecule has 0 aromatic heterocycles. The third-order valence-electron chi connectivity index (χ3n) is 5.32. The Labute approximate surface area is 154 Å². The fourth-order valence-corrected chi connectivity index (χ4v) is 4.14. The zero-order chi connectivity index (χ0) is 17.3. The van der Waals surface area contributed by atoms with Crippen LogP contribution in [0.3, 0.4) is 0 Å².